The van der Waals surface area contributed by atoms with Crippen LogP contribution in [0.2, 0.25) is 0 Å². The van der Waals surface area contributed by atoms with E-state index in [0.29, 0.717) is 34.4 Å². The molecule has 26 heavy (non-hydrogen) atoms. The summed E-state index contributed by atoms with van der Waals surface area (Å²) >= 11 is 0. The highest BCUT2D eigenvalue weighted by molar-refractivity contribution is 5.68. The molecule has 1 aromatic heterocycles. The van der Waals surface area contributed by atoms with Gasteiger partial charge in [0, 0.05) is 11.6 Å². The minimum Gasteiger partial charge on any atom is -0.504 e. The van der Waals surface area contributed by atoms with E-state index < -0.39 is 0 Å². The van der Waals surface area contributed by atoms with Crippen LogP contribution in [-0.2, 0) is 0 Å². The van der Waals surface area contributed by atoms with Gasteiger partial charge >= 0.3 is 0 Å². The Hall–Kier alpha value is -3.42. The zero-order chi connectivity index (χ0) is 18.7. The van der Waals surface area contributed by atoms with E-state index in [1.807, 2.05) is 0 Å². The molecule has 0 aliphatic heterocycles. The molecule has 0 aliphatic rings. The van der Waals surface area contributed by atoms with Gasteiger partial charge < -0.3 is 24.1 Å². The van der Waals surface area contributed by atoms with Crippen molar-refractivity contribution in [1.82, 2.24) is 15.0 Å². The Labute approximate surface area is 150 Å². The average Bonchev–Trinajstić information content (AvgIpc) is 3.16. The number of aromatic hydroxyl groups is 1. The molecule has 3 rings (SSSR count). The van der Waals surface area contributed by atoms with Crippen LogP contribution in [0.15, 0.2) is 36.5 Å². The lowest BCUT2D eigenvalue weighted by Crippen LogP contribution is -1.96. The number of phenols is 1. The molecule has 0 saturated heterocycles. The monoisotopic (exact) mass is 357 g/mol. The average molecular weight is 357 g/mol. The smallest absolute Gasteiger partial charge is 0.203 e. The summed E-state index contributed by atoms with van der Waals surface area (Å²) in [6, 6.07) is 8.56. The highest BCUT2D eigenvalue weighted by atomic mass is 16.5. The third-order valence-electron chi connectivity index (χ3n) is 3.88. The van der Waals surface area contributed by atoms with Crippen molar-refractivity contribution in [1.29, 1.82) is 0 Å². The summed E-state index contributed by atoms with van der Waals surface area (Å²) in [7, 11) is 6.15. The Balaban J connectivity index is 2.01. The standard InChI is InChI=1S/C18H19N3O5/c1-23-15-6-5-12(9-14(15)22)21-10-13(19-20-21)11-7-16(24-2)18(26-4)17(8-11)25-3/h5-10,22H,1-4H3. The normalized spacial score (nSPS) is 10.5. The van der Waals surface area contributed by atoms with E-state index in [-0.39, 0.29) is 5.75 Å². The largest absolute Gasteiger partial charge is 0.504 e. The Kier molecular flexibility index (Phi) is 4.83. The van der Waals surface area contributed by atoms with Gasteiger partial charge in [-0.2, -0.15) is 0 Å². The summed E-state index contributed by atoms with van der Waals surface area (Å²) in [5.41, 5.74) is 2.01. The van der Waals surface area contributed by atoms with Gasteiger partial charge in [-0.3, -0.25) is 0 Å². The maximum absolute atomic E-state index is 9.94. The van der Waals surface area contributed by atoms with Crippen molar-refractivity contribution in [2.45, 2.75) is 0 Å². The zero-order valence-electron chi connectivity index (χ0n) is 14.9. The first-order valence-electron chi connectivity index (χ1n) is 7.71. The number of benzene rings is 2. The molecule has 1 heterocycles. The molecule has 0 atom stereocenters. The molecule has 0 unspecified atom stereocenters. The van der Waals surface area contributed by atoms with Crippen LogP contribution in [0.3, 0.4) is 0 Å². The van der Waals surface area contributed by atoms with Gasteiger partial charge in [0.2, 0.25) is 5.75 Å². The first-order chi connectivity index (χ1) is 12.6. The number of hydrogen-bond donors (Lipinski definition) is 1. The fourth-order valence-corrected chi connectivity index (χ4v) is 2.57. The predicted molar refractivity (Wildman–Crippen MR) is 94.7 cm³/mol. The number of hydrogen-bond acceptors (Lipinski definition) is 7. The van der Waals surface area contributed by atoms with E-state index in [1.165, 1.54) is 7.11 Å². The minimum absolute atomic E-state index is 0.0230. The van der Waals surface area contributed by atoms with Gasteiger partial charge in [0.1, 0.15) is 5.69 Å². The Bertz CT molecular complexity index is 898. The van der Waals surface area contributed by atoms with E-state index in [9.17, 15) is 5.11 Å². The number of methoxy groups -OCH3 is 4. The molecule has 0 amide bonds. The van der Waals surface area contributed by atoms with Crippen LogP contribution >= 0.6 is 0 Å². The van der Waals surface area contributed by atoms with E-state index >= 15 is 0 Å². The van der Waals surface area contributed by atoms with Crippen LogP contribution in [0.5, 0.6) is 28.7 Å². The molecular formula is C18H19N3O5. The van der Waals surface area contributed by atoms with E-state index in [0.717, 1.165) is 5.56 Å². The van der Waals surface area contributed by atoms with Gasteiger partial charge in [0.05, 0.1) is 40.3 Å². The van der Waals surface area contributed by atoms with Crippen molar-refractivity contribution in [3.8, 4) is 45.7 Å². The van der Waals surface area contributed by atoms with E-state index in [1.54, 1.807) is 62.5 Å². The lowest BCUT2D eigenvalue weighted by atomic mass is 10.1. The fourth-order valence-electron chi connectivity index (χ4n) is 2.57. The van der Waals surface area contributed by atoms with Crippen molar-refractivity contribution in [3.05, 3.63) is 36.5 Å². The highest BCUT2D eigenvalue weighted by Crippen LogP contribution is 2.40. The molecule has 0 spiro atoms. The molecule has 136 valence electrons. The first kappa shape index (κ1) is 17.4. The lowest BCUT2D eigenvalue weighted by Gasteiger charge is -2.13. The number of ether oxygens (including phenoxy) is 4. The number of rotatable bonds is 6. The second-order valence-corrected chi connectivity index (χ2v) is 5.32. The Morgan fingerprint density at radius 1 is 0.846 bits per heavy atom. The summed E-state index contributed by atoms with van der Waals surface area (Å²) in [6.07, 6.45) is 1.74. The van der Waals surface area contributed by atoms with E-state index in [2.05, 4.69) is 10.3 Å². The van der Waals surface area contributed by atoms with Crippen molar-refractivity contribution >= 4 is 0 Å². The molecule has 8 nitrogen and oxygen atoms in total. The molecule has 0 radical (unpaired) electrons. The molecular weight excluding hydrogens is 338 g/mol. The van der Waals surface area contributed by atoms with Gasteiger partial charge in [-0.1, -0.05) is 5.21 Å². The van der Waals surface area contributed by atoms with Gasteiger partial charge in [0.25, 0.3) is 0 Å². The molecule has 1 N–H and O–H groups in total. The number of phenolic OH excluding ortho intramolecular Hbond substituents is 1. The second-order valence-electron chi connectivity index (χ2n) is 5.32. The van der Waals surface area contributed by atoms with Crippen LogP contribution in [0.25, 0.3) is 16.9 Å². The molecule has 0 bridgehead atoms. The summed E-state index contributed by atoms with van der Waals surface area (Å²) in [5.74, 6) is 1.97. The molecule has 8 heteroatoms. The Morgan fingerprint density at radius 2 is 1.50 bits per heavy atom. The maximum atomic E-state index is 9.94. The van der Waals surface area contributed by atoms with Crippen LogP contribution in [0.1, 0.15) is 0 Å². The first-order valence-corrected chi connectivity index (χ1v) is 7.71. The van der Waals surface area contributed by atoms with E-state index in [4.69, 9.17) is 18.9 Å². The number of nitrogens with zero attached hydrogens (tertiary/aromatic N) is 3. The minimum atomic E-state index is 0.0230. The van der Waals surface area contributed by atoms with Crippen LogP contribution in [0.4, 0.5) is 0 Å². The quantitative estimate of drug-likeness (QED) is 0.725. The van der Waals surface area contributed by atoms with Crippen LogP contribution in [0, 0.1) is 0 Å². The fraction of sp³-hybridized carbons (Fsp3) is 0.222. The van der Waals surface area contributed by atoms with Crippen molar-refractivity contribution in [2.75, 3.05) is 28.4 Å². The summed E-state index contributed by atoms with van der Waals surface area (Å²) in [4.78, 5) is 0. The SMILES string of the molecule is COc1ccc(-n2cc(-c3cc(OC)c(OC)c(OC)c3)nn2)cc1O. The third-order valence-corrected chi connectivity index (χ3v) is 3.88. The highest BCUT2D eigenvalue weighted by Gasteiger charge is 2.16. The maximum Gasteiger partial charge on any atom is 0.203 e. The van der Waals surface area contributed by atoms with Crippen LogP contribution in [-0.4, -0.2) is 48.5 Å². The van der Waals surface area contributed by atoms with Gasteiger partial charge in [0.15, 0.2) is 23.0 Å². The summed E-state index contributed by atoms with van der Waals surface area (Å²) < 4.78 is 22.7. The second kappa shape index (κ2) is 7.22. The lowest BCUT2D eigenvalue weighted by molar-refractivity contribution is 0.324. The summed E-state index contributed by atoms with van der Waals surface area (Å²) in [5, 5.41) is 18.2. The molecule has 3 aromatic rings. The Morgan fingerprint density at radius 3 is 2.04 bits per heavy atom. The molecule has 0 saturated carbocycles. The zero-order valence-corrected chi connectivity index (χ0v) is 14.9. The van der Waals surface area contributed by atoms with Gasteiger partial charge in [-0.05, 0) is 24.3 Å². The van der Waals surface area contributed by atoms with Gasteiger partial charge in [-0.25, -0.2) is 4.68 Å². The predicted octanol–water partition coefficient (Wildman–Crippen LogP) is 2.67. The van der Waals surface area contributed by atoms with Gasteiger partial charge in [-0.15, -0.1) is 5.10 Å². The number of aromatic nitrogens is 3. The molecule has 0 fully saturated rings. The van der Waals surface area contributed by atoms with Crippen molar-refractivity contribution < 1.29 is 24.1 Å². The van der Waals surface area contributed by atoms with Crippen molar-refractivity contribution in [3.63, 3.8) is 0 Å². The van der Waals surface area contributed by atoms with Crippen molar-refractivity contribution in [2.24, 2.45) is 0 Å². The molecule has 2 aromatic carbocycles. The van der Waals surface area contributed by atoms with Crippen LogP contribution < -0.4 is 18.9 Å². The molecule has 0 aliphatic carbocycles. The third kappa shape index (κ3) is 3.08. The topological polar surface area (TPSA) is 87.9 Å². The summed E-state index contributed by atoms with van der Waals surface area (Å²) in [6.45, 7) is 0.